The Kier molecular flexibility index (Phi) is 8.15. The van der Waals surface area contributed by atoms with Gasteiger partial charge in [0.1, 0.15) is 10.6 Å². The third-order valence-electron chi connectivity index (χ3n) is 5.43. The number of rotatable bonds is 8. The van der Waals surface area contributed by atoms with Crippen LogP contribution in [-0.2, 0) is 9.47 Å². The molecule has 0 radical (unpaired) electrons. The number of fused-ring (bicyclic) bond motifs is 1. The molecule has 4 aromatic rings. The van der Waals surface area contributed by atoms with Gasteiger partial charge >= 0.3 is 11.9 Å². The highest BCUT2D eigenvalue weighted by Crippen LogP contribution is 2.24. The van der Waals surface area contributed by atoms with Crippen LogP contribution in [0.5, 0.6) is 0 Å². The quantitative estimate of drug-likeness (QED) is 0.315. The number of ether oxygens (including phenoxy) is 2. The molecule has 0 atom stereocenters. The minimum Gasteiger partial charge on any atom is -0.465 e. The van der Waals surface area contributed by atoms with E-state index in [4.69, 9.17) is 9.47 Å². The summed E-state index contributed by atoms with van der Waals surface area (Å²) in [4.78, 5) is 67.9. The number of nitrogens with one attached hydrogen (secondary N) is 2. The third-order valence-corrected chi connectivity index (χ3v) is 6.47. The molecular weight excluding hydrogens is 524 g/mol. The molecule has 0 saturated carbocycles. The van der Waals surface area contributed by atoms with Gasteiger partial charge in [-0.2, -0.15) is 0 Å². The second-order valence-corrected chi connectivity index (χ2v) is 9.30. The van der Waals surface area contributed by atoms with Gasteiger partial charge < -0.3 is 20.1 Å². The van der Waals surface area contributed by atoms with E-state index >= 15 is 0 Å². The predicted molar refractivity (Wildman–Crippen MR) is 145 cm³/mol. The first-order chi connectivity index (χ1) is 18.7. The van der Waals surface area contributed by atoms with E-state index in [9.17, 15) is 24.0 Å². The largest absolute Gasteiger partial charge is 0.465 e. The zero-order chi connectivity index (χ0) is 28.1. The Balaban J connectivity index is 1.67. The highest BCUT2D eigenvalue weighted by Gasteiger charge is 2.26. The number of amides is 2. The van der Waals surface area contributed by atoms with Gasteiger partial charge in [0.2, 0.25) is 0 Å². The molecule has 2 amide bonds. The number of aryl methyl sites for hydroxylation is 1. The molecule has 0 aliphatic rings. The van der Waals surface area contributed by atoms with Gasteiger partial charge in [-0.3, -0.25) is 14.4 Å². The summed E-state index contributed by atoms with van der Waals surface area (Å²) in [6, 6.07) is 13.4. The number of carbonyl (C=O) groups is 4. The summed E-state index contributed by atoms with van der Waals surface area (Å²) >= 11 is 0.878. The van der Waals surface area contributed by atoms with Gasteiger partial charge in [-0.05, 0) is 55.8 Å². The van der Waals surface area contributed by atoms with Crippen LogP contribution in [0.1, 0.15) is 59.9 Å². The molecule has 0 spiro atoms. The maximum atomic E-state index is 13.4. The van der Waals surface area contributed by atoms with Crippen molar-refractivity contribution >= 4 is 51.4 Å². The van der Waals surface area contributed by atoms with E-state index in [-0.39, 0.29) is 26.8 Å². The molecule has 4 rings (SSSR count). The Morgan fingerprint density at radius 2 is 1.64 bits per heavy atom. The van der Waals surface area contributed by atoms with E-state index in [1.807, 2.05) is 6.92 Å². The topological polar surface area (TPSA) is 145 Å². The van der Waals surface area contributed by atoms with Gasteiger partial charge in [0.05, 0.1) is 24.8 Å². The lowest BCUT2D eigenvalue weighted by Gasteiger charge is -2.09. The van der Waals surface area contributed by atoms with Crippen LogP contribution in [0.3, 0.4) is 0 Å². The molecule has 2 N–H and O–H groups in total. The molecule has 2 heterocycles. The average Bonchev–Trinajstić information content (AvgIpc) is 3.32. The Morgan fingerprint density at radius 3 is 2.33 bits per heavy atom. The summed E-state index contributed by atoms with van der Waals surface area (Å²) in [6.45, 7) is 3.82. The smallest absolute Gasteiger partial charge is 0.338 e. The molecule has 0 saturated heterocycles. The van der Waals surface area contributed by atoms with Gasteiger partial charge in [-0.15, -0.1) is 0 Å². The van der Waals surface area contributed by atoms with Crippen molar-refractivity contribution in [2.24, 2.45) is 0 Å². The van der Waals surface area contributed by atoms with Crippen molar-refractivity contribution in [1.82, 2.24) is 9.38 Å². The second kappa shape index (κ2) is 11.7. The van der Waals surface area contributed by atoms with Crippen LogP contribution in [-0.4, -0.2) is 46.9 Å². The molecule has 0 aliphatic carbocycles. The molecule has 0 unspecified atom stereocenters. The van der Waals surface area contributed by atoms with Gasteiger partial charge in [0.15, 0.2) is 4.96 Å². The van der Waals surface area contributed by atoms with Crippen LogP contribution in [0, 0.1) is 6.92 Å². The van der Waals surface area contributed by atoms with Crippen molar-refractivity contribution in [2.75, 3.05) is 24.4 Å². The summed E-state index contributed by atoms with van der Waals surface area (Å²) < 4.78 is 10.9. The molecule has 2 aromatic heterocycles. The molecule has 200 valence electrons. The number of thiazole rings is 1. The number of methoxy groups -OCH3 is 1. The average molecular weight is 549 g/mol. The van der Waals surface area contributed by atoms with Crippen LogP contribution < -0.4 is 16.2 Å². The minimum absolute atomic E-state index is 0.0572. The summed E-state index contributed by atoms with van der Waals surface area (Å²) in [5.74, 6) is -2.48. The van der Waals surface area contributed by atoms with Gasteiger partial charge in [-0.1, -0.05) is 24.3 Å². The lowest BCUT2D eigenvalue weighted by molar-refractivity contribution is 0.0504. The normalized spacial score (nSPS) is 10.6. The van der Waals surface area contributed by atoms with Crippen LogP contribution >= 0.6 is 11.3 Å². The third kappa shape index (κ3) is 6.02. The Bertz CT molecular complexity index is 1640. The van der Waals surface area contributed by atoms with E-state index in [0.717, 1.165) is 15.7 Å². The van der Waals surface area contributed by atoms with Gasteiger partial charge in [0, 0.05) is 23.1 Å². The number of nitrogens with zero attached hydrogens (tertiary/aromatic N) is 2. The first-order valence-corrected chi connectivity index (χ1v) is 12.6. The Morgan fingerprint density at radius 1 is 0.923 bits per heavy atom. The number of anilines is 2. The fourth-order valence-electron chi connectivity index (χ4n) is 3.63. The molecule has 2 aromatic carbocycles. The van der Waals surface area contributed by atoms with Crippen LogP contribution in [0.4, 0.5) is 11.4 Å². The highest BCUT2D eigenvalue weighted by atomic mass is 32.1. The van der Waals surface area contributed by atoms with E-state index in [0.29, 0.717) is 30.0 Å². The maximum absolute atomic E-state index is 13.4. The van der Waals surface area contributed by atoms with E-state index < -0.39 is 29.3 Å². The number of benzene rings is 2. The van der Waals surface area contributed by atoms with Crippen molar-refractivity contribution in [3.8, 4) is 0 Å². The highest BCUT2D eigenvalue weighted by molar-refractivity contribution is 7.19. The van der Waals surface area contributed by atoms with Crippen molar-refractivity contribution in [3.63, 3.8) is 0 Å². The Labute approximate surface area is 226 Å². The van der Waals surface area contributed by atoms with Crippen molar-refractivity contribution in [2.45, 2.75) is 20.3 Å². The van der Waals surface area contributed by atoms with Gasteiger partial charge in [0.25, 0.3) is 17.4 Å². The zero-order valence-corrected chi connectivity index (χ0v) is 22.1. The van der Waals surface area contributed by atoms with Crippen molar-refractivity contribution in [1.29, 1.82) is 0 Å². The van der Waals surface area contributed by atoms with Crippen molar-refractivity contribution in [3.05, 3.63) is 92.3 Å². The molecule has 39 heavy (non-hydrogen) atoms. The molecule has 11 nitrogen and oxygen atoms in total. The first kappa shape index (κ1) is 27.2. The number of hydrogen-bond donors (Lipinski definition) is 2. The fraction of sp³-hybridized carbons (Fsp3) is 0.185. The molecule has 12 heteroatoms. The van der Waals surface area contributed by atoms with E-state index in [1.165, 1.54) is 49.6 Å². The minimum atomic E-state index is -0.754. The zero-order valence-electron chi connectivity index (χ0n) is 21.3. The second-order valence-electron chi connectivity index (χ2n) is 8.33. The lowest BCUT2D eigenvalue weighted by atomic mass is 10.2. The summed E-state index contributed by atoms with van der Waals surface area (Å²) in [6.07, 6.45) is 0.694. The molecule has 0 fully saturated rings. The Hall–Kier alpha value is -4.84. The lowest BCUT2D eigenvalue weighted by Crippen LogP contribution is -2.25. The number of esters is 2. The number of carbonyl (C=O) groups excluding carboxylic acids is 4. The maximum Gasteiger partial charge on any atom is 0.338 e. The monoisotopic (exact) mass is 548 g/mol. The fourth-order valence-corrected chi connectivity index (χ4v) is 4.70. The molecule has 0 bridgehead atoms. The van der Waals surface area contributed by atoms with Gasteiger partial charge in [-0.25, -0.2) is 19.0 Å². The number of aromatic nitrogens is 2. The summed E-state index contributed by atoms with van der Waals surface area (Å²) in [7, 11) is 1.24. The molecule has 0 aliphatic heterocycles. The summed E-state index contributed by atoms with van der Waals surface area (Å²) in [5, 5.41) is 5.32. The van der Waals surface area contributed by atoms with Crippen LogP contribution in [0.2, 0.25) is 0 Å². The van der Waals surface area contributed by atoms with E-state index in [1.54, 1.807) is 19.1 Å². The standard InChI is InChI=1S/C27H24N4O7S/c1-4-12-38-26(36)16-8-10-18(11-9-16)29-24(34)22-21(31-20(32)13-15(2)28-27(31)39-22)23(33)30-19-7-5-6-17(14-19)25(35)37-3/h5-11,13-14H,4,12H2,1-3H3,(H,29,34)(H,30,33). The number of hydrogen-bond acceptors (Lipinski definition) is 9. The van der Waals surface area contributed by atoms with Crippen molar-refractivity contribution < 1.29 is 28.7 Å². The van der Waals surface area contributed by atoms with E-state index in [2.05, 4.69) is 15.6 Å². The summed E-state index contributed by atoms with van der Waals surface area (Å²) in [5.41, 5.74) is 0.829. The first-order valence-electron chi connectivity index (χ1n) is 11.8. The predicted octanol–water partition coefficient (Wildman–Crippen LogP) is 3.92. The molecular formula is C27H24N4O7S. The van der Waals surface area contributed by atoms with Crippen LogP contribution in [0.15, 0.2) is 59.4 Å². The van der Waals surface area contributed by atoms with Crippen LogP contribution in [0.25, 0.3) is 4.96 Å². The SMILES string of the molecule is CCCOC(=O)c1ccc(NC(=O)c2sc3nc(C)cc(=O)n3c2C(=O)Nc2cccc(C(=O)OC)c2)cc1.